The van der Waals surface area contributed by atoms with Gasteiger partial charge in [-0.1, -0.05) is 37.3 Å². The fourth-order valence-electron chi connectivity index (χ4n) is 2.62. The molecule has 0 fully saturated rings. The first-order chi connectivity index (χ1) is 14.1. The molecule has 2 aromatic rings. The number of benzene rings is 1. The van der Waals surface area contributed by atoms with E-state index in [1.54, 1.807) is 0 Å². The summed E-state index contributed by atoms with van der Waals surface area (Å²) in [4.78, 5) is 4.69. The topological polar surface area (TPSA) is 76.4 Å². The Balaban J connectivity index is 0.00000450. The van der Waals surface area contributed by atoms with Crippen LogP contribution in [0.3, 0.4) is 0 Å². The summed E-state index contributed by atoms with van der Waals surface area (Å²) in [6.45, 7) is 7.64. The van der Waals surface area contributed by atoms with E-state index in [1.807, 2.05) is 48.5 Å². The number of aryl methyl sites for hydroxylation is 1. The van der Waals surface area contributed by atoms with Crippen LogP contribution in [0, 0.1) is 12.8 Å². The van der Waals surface area contributed by atoms with Gasteiger partial charge < -0.3 is 19.9 Å². The van der Waals surface area contributed by atoms with Crippen LogP contribution in [0.25, 0.3) is 0 Å². The highest BCUT2D eigenvalue weighted by Crippen LogP contribution is 2.03. The van der Waals surface area contributed by atoms with Gasteiger partial charge in [-0.15, -0.1) is 34.2 Å². The number of aromatic nitrogens is 3. The predicted molar refractivity (Wildman–Crippen MR) is 137 cm³/mol. The predicted octanol–water partition coefficient (Wildman–Crippen LogP) is 3.38. The van der Waals surface area contributed by atoms with Gasteiger partial charge in [0.15, 0.2) is 11.8 Å². The summed E-state index contributed by atoms with van der Waals surface area (Å²) in [5.41, 5.74) is 1.20. The van der Waals surface area contributed by atoms with E-state index in [0.717, 1.165) is 42.9 Å². The molecular formula is C21H35IN6OS. The van der Waals surface area contributed by atoms with Gasteiger partial charge in [0.2, 0.25) is 0 Å². The summed E-state index contributed by atoms with van der Waals surface area (Å²) in [5, 5.41) is 15.1. The smallest absolute Gasteiger partial charge is 0.191 e. The highest BCUT2D eigenvalue weighted by atomic mass is 127. The number of nitrogens with one attached hydrogen (secondary N) is 2. The van der Waals surface area contributed by atoms with E-state index < -0.39 is 0 Å². The van der Waals surface area contributed by atoms with Gasteiger partial charge in [0.05, 0.1) is 13.2 Å². The molecule has 9 heteroatoms. The lowest BCUT2D eigenvalue weighted by atomic mass is 10.2. The number of rotatable bonds is 12. The Kier molecular flexibility index (Phi) is 13.8. The number of guanidine groups is 1. The van der Waals surface area contributed by atoms with Gasteiger partial charge in [-0.2, -0.15) is 11.8 Å². The fourth-order valence-corrected chi connectivity index (χ4v) is 3.05. The number of halogens is 1. The molecule has 1 unspecified atom stereocenters. The molecule has 2 N–H and O–H groups in total. The zero-order chi connectivity index (χ0) is 20.9. The molecule has 1 aromatic carbocycles. The SMILES string of the molecule is CSCCCNC(=NCc1nnc(C)n1C)NCC(C)COCc1ccccc1.I. The van der Waals surface area contributed by atoms with E-state index in [1.165, 1.54) is 5.56 Å². The van der Waals surface area contributed by atoms with Crippen LogP contribution in [0.5, 0.6) is 0 Å². The first kappa shape index (κ1) is 26.7. The standard InChI is InChI=1S/C21H34N6OS.HI/c1-17(15-28-16-19-9-6-5-7-10-19)13-23-21(22-11-8-12-29-4)24-14-20-26-25-18(2)27(20)3;/h5-7,9-10,17H,8,11-16H2,1-4H3,(H2,22,23,24);1H. The summed E-state index contributed by atoms with van der Waals surface area (Å²) in [5.74, 6) is 4.05. The van der Waals surface area contributed by atoms with Crippen LogP contribution in [0.4, 0.5) is 0 Å². The van der Waals surface area contributed by atoms with Crippen LogP contribution in [-0.4, -0.2) is 52.4 Å². The number of hydrogen-bond acceptors (Lipinski definition) is 5. The van der Waals surface area contributed by atoms with Crippen LogP contribution in [0.1, 0.15) is 30.6 Å². The normalized spacial score (nSPS) is 12.3. The lowest BCUT2D eigenvalue weighted by Crippen LogP contribution is -2.40. The average molecular weight is 547 g/mol. The second-order valence-electron chi connectivity index (χ2n) is 7.15. The molecule has 0 spiro atoms. The highest BCUT2D eigenvalue weighted by Gasteiger charge is 2.07. The zero-order valence-corrected chi connectivity index (χ0v) is 21.6. The lowest BCUT2D eigenvalue weighted by molar-refractivity contribution is 0.0931. The molecule has 0 aliphatic heterocycles. The van der Waals surface area contributed by atoms with Crippen molar-refractivity contribution in [2.75, 3.05) is 31.7 Å². The van der Waals surface area contributed by atoms with Crippen LogP contribution >= 0.6 is 35.7 Å². The molecule has 1 aromatic heterocycles. The number of ether oxygens (including phenoxy) is 1. The minimum Gasteiger partial charge on any atom is -0.376 e. The van der Waals surface area contributed by atoms with Crippen molar-refractivity contribution < 1.29 is 4.74 Å². The summed E-state index contributed by atoms with van der Waals surface area (Å²) in [6.07, 6.45) is 3.22. The van der Waals surface area contributed by atoms with E-state index in [-0.39, 0.29) is 24.0 Å². The first-order valence-electron chi connectivity index (χ1n) is 10.1. The van der Waals surface area contributed by atoms with Crippen molar-refractivity contribution in [2.24, 2.45) is 18.0 Å². The Morgan fingerprint density at radius 3 is 2.67 bits per heavy atom. The van der Waals surface area contributed by atoms with Crippen LogP contribution < -0.4 is 10.6 Å². The lowest BCUT2D eigenvalue weighted by Gasteiger charge is -2.17. The van der Waals surface area contributed by atoms with Crippen LogP contribution in [0.15, 0.2) is 35.3 Å². The Labute approximate surface area is 201 Å². The molecule has 0 saturated carbocycles. The molecule has 0 aliphatic rings. The zero-order valence-electron chi connectivity index (χ0n) is 18.4. The number of aliphatic imine (C=N–C) groups is 1. The van der Waals surface area contributed by atoms with Gasteiger partial charge in [0, 0.05) is 20.1 Å². The molecule has 2 rings (SSSR count). The summed E-state index contributed by atoms with van der Waals surface area (Å²) in [6, 6.07) is 10.3. The minimum absolute atomic E-state index is 0. The molecule has 0 amide bonds. The number of nitrogens with zero attached hydrogens (tertiary/aromatic N) is 4. The van der Waals surface area contributed by atoms with Gasteiger partial charge in [-0.3, -0.25) is 0 Å². The van der Waals surface area contributed by atoms with Gasteiger partial charge in [-0.25, -0.2) is 4.99 Å². The Bertz CT molecular complexity index is 740. The Morgan fingerprint density at radius 2 is 2.00 bits per heavy atom. The molecule has 1 atom stereocenters. The minimum atomic E-state index is 0. The Hall–Kier alpha value is -1.33. The molecule has 30 heavy (non-hydrogen) atoms. The molecule has 168 valence electrons. The summed E-state index contributed by atoms with van der Waals surface area (Å²) < 4.78 is 7.82. The van der Waals surface area contributed by atoms with Crippen molar-refractivity contribution in [1.29, 1.82) is 0 Å². The van der Waals surface area contributed by atoms with Gasteiger partial charge in [0.1, 0.15) is 12.4 Å². The van der Waals surface area contributed by atoms with E-state index >= 15 is 0 Å². The van der Waals surface area contributed by atoms with E-state index in [4.69, 9.17) is 4.74 Å². The molecule has 0 radical (unpaired) electrons. The third-order valence-corrected chi connectivity index (χ3v) is 5.21. The molecule has 0 aliphatic carbocycles. The molecule has 7 nitrogen and oxygen atoms in total. The van der Waals surface area contributed by atoms with Crippen molar-refractivity contribution in [3.8, 4) is 0 Å². The summed E-state index contributed by atoms with van der Waals surface area (Å²) in [7, 11) is 1.96. The van der Waals surface area contributed by atoms with Crippen molar-refractivity contribution in [1.82, 2.24) is 25.4 Å². The van der Waals surface area contributed by atoms with Crippen molar-refractivity contribution in [3.05, 3.63) is 47.5 Å². The fraction of sp³-hybridized carbons (Fsp3) is 0.571. The molecule has 0 saturated heterocycles. The van der Waals surface area contributed by atoms with Gasteiger partial charge in [-0.05, 0) is 36.8 Å². The maximum atomic E-state index is 5.85. The van der Waals surface area contributed by atoms with Crippen molar-refractivity contribution in [3.63, 3.8) is 0 Å². The van der Waals surface area contributed by atoms with E-state index in [0.29, 0.717) is 25.7 Å². The third-order valence-electron chi connectivity index (χ3n) is 4.51. The number of thioether (sulfide) groups is 1. The Morgan fingerprint density at radius 1 is 1.23 bits per heavy atom. The quantitative estimate of drug-likeness (QED) is 0.184. The van der Waals surface area contributed by atoms with Gasteiger partial charge in [0.25, 0.3) is 0 Å². The number of hydrogen-bond donors (Lipinski definition) is 2. The van der Waals surface area contributed by atoms with Crippen molar-refractivity contribution in [2.45, 2.75) is 33.4 Å². The molecular weight excluding hydrogens is 511 g/mol. The van der Waals surface area contributed by atoms with Gasteiger partial charge >= 0.3 is 0 Å². The largest absolute Gasteiger partial charge is 0.376 e. The second kappa shape index (κ2) is 15.5. The maximum absolute atomic E-state index is 5.85. The second-order valence-corrected chi connectivity index (χ2v) is 8.13. The summed E-state index contributed by atoms with van der Waals surface area (Å²) >= 11 is 1.86. The van der Waals surface area contributed by atoms with Crippen LogP contribution in [0.2, 0.25) is 0 Å². The highest BCUT2D eigenvalue weighted by molar-refractivity contribution is 14.0. The molecule has 0 bridgehead atoms. The van der Waals surface area contributed by atoms with Crippen LogP contribution in [-0.2, 0) is 24.9 Å². The first-order valence-corrected chi connectivity index (χ1v) is 11.5. The maximum Gasteiger partial charge on any atom is 0.191 e. The van der Waals surface area contributed by atoms with E-state index in [9.17, 15) is 0 Å². The van der Waals surface area contributed by atoms with Crippen molar-refractivity contribution >= 4 is 41.7 Å². The molecule has 1 heterocycles. The monoisotopic (exact) mass is 546 g/mol. The average Bonchev–Trinajstić information content (AvgIpc) is 3.05. The third kappa shape index (κ3) is 10.1. The van der Waals surface area contributed by atoms with E-state index in [2.05, 4.69) is 51.1 Å².